The molecule has 3 nitrogen and oxygen atoms in total. The van der Waals surface area contributed by atoms with Gasteiger partial charge in [0.05, 0.1) is 16.3 Å². The summed E-state index contributed by atoms with van der Waals surface area (Å²) in [5, 5.41) is 3.21. The molecule has 0 unspecified atom stereocenters. The van der Waals surface area contributed by atoms with Gasteiger partial charge in [0.2, 0.25) is 0 Å². The topological polar surface area (TPSA) is 32.3 Å². The van der Waals surface area contributed by atoms with Crippen LogP contribution in [-0.2, 0) is 0 Å². The maximum Gasteiger partial charge on any atom is 0.257 e. The third kappa shape index (κ3) is 3.80. The molecule has 0 spiro atoms. The SMILES string of the molecule is O=C(Nc1cc(Cl)cc(C2CC2)c1)c1cc(N2CCCS2)cc(F)c1Cl. The van der Waals surface area contributed by atoms with Gasteiger partial charge in [-0.1, -0.05) is 23.2 Å². The molecule has 1 aliphatic heterocycles. The van der Waals surface area contributed by atoms with Gasteiger partial charge in [-0.15, -0.1) is 0 Å². The Kier molecular flexibility index (Phi) is 5.04. The van der Waals surface area contributed by atoms with Crippen LogP contribution < -0.4 is 9.62 Å². The first-order chi connectivity index (χ1) is 12.5. The van der Waals surface area contributed by atoms with Crippen molar-refractivity contribution in [1.82, 2.24) is 0 Å². The van der Waals surface area contributed by atoms with Crippen molar-refractivity contribution in [1.29, 1.82) is 0 Å². The summed E-state index contributed by atoms with van der Waals surface area (Å²) in [5.74, 6) is 0.467. The highest BCUT2D eigenvalue weighted by molar-refractivity contribution is 8.00. The zero-order chi connectivity index (χ0) is 18.3. The minimum absolute atomic E-state index is 0.127. The zero-order valence-electron chi connectivity index (χ0n) is 13.9. The van der Waals surface area contributed by atoms with Crippen LogP contribution in [0.15, 0.2) is 30.3 Å². The average molecular weight is 411 g/mol. The number of anilines is 2. The van der Waals surface area contributed by atoms with E-state index in [2.05, 4.69) is 5.32 Å². The van der Waals surface area contributed by atoms with E-state index in [4.69, 9.17) is 23.2 Å². The Bertz CT molecular complexity index is 867. The van der Waals surface area contributed by atoms with Gasteiger partial charge in [-0.25, -0.2) is 4.39 Å². The molecule has 1 saturated carbocycles. The Morgan fingerprint density at radius 3 is 2.69 bits per heavy atom. The molecule has 7 heteroatoms. The van der Waals surface area contributed by atoms with E-state index < -0.39 is 11.7 Å². The van der Waals surface area contributed by atoms with Gasteiger partial charge in [-0.3, -0.25) is 4.79 Å². The highest BCUT2D eigenvalue weighted by Gasteiger charge is 2.25. The summed E-state index contributed by atoms with van der Waals surface area (Å²) in [4.78, 5) is 12.7. The fourth-order valence-electron chi connectivity index (χ4n) is 3.07. The van der Waals surface area contributed by atoms with Crippen LogP contribution in [0.1, 0.15) is 41.1 Å². The third-order valence-corrected chi connectivity index (χ3v) is 6.30. The predicted molar refractivity (Wildman–Crippen MR) is 107 cm³/mol. The number of hydrogen-bond acceptors (Lipinski definition) is 3. The maximum absolute atomic E-state index is 14.3. The number of carbonyl (C=O) groups is 1. The van der Waals surface area contributed by atoms with Crippen molar-refractivity contribution in [2.75, 3.05) is 21.9 Å². The summed E-state index contributed by atoms with van der Waals surface area (Å²) >= 11 is 13.9. The number of nitrogens with zero attached hydrogens (tertiary/aromatic N) is 1. The molecule has 2 aromatic carbocycles. The van der Waals surface area contributed by atoms with Gasteiger partial charge < -0.3 is 9.62 Å². The van der Waals surface area contributed by atoms with Crippen LogP contribution in [0.3, 0.4) is 0 Å². The lowest BCUT2D eigenvalue weighted by Crippen LogP contribution is -2.16. The van der Waals surface area contributed by atoms with Crippen molar-refractivity contribution in [3.63, 3.8) is 0 Å². The van der Waals surface area contributed by atoms with Crippen LogP contribution in [0.25, 0.3) is 0 Å². The lowest BCUT2D eigenvalue weighted by atomic mass is 10.1. The molecule has 1 aliphatic carbocycles. The highest BCUT2D eigenvalue weighted by atomic mass is 35.5. The van der Waals surface area contributed by atoms with Gasteiger partial charge in [0.15, 0.2) is 0 Å². The predicted octanol–water partition coefficient (Wildman–Crippen LogP) is 6.12. The van der Waals surface area contributed by atoms with Crippen LogP contribution in [0.4, 0.5) is 15.8 Å². The van der Waals surface area contributed by atoms with Crippen molar-refractivity contribution in [3.05, 3.63) is 57.3 Å². The van der Waals surface area contributed by atoms with E-state index in [-0.39, 0.29) is 10.6 Å². The first kappa shape index (κ1) is 18.0. The molecule has 1 N–H and O–H groups in total. The van der Waals surface area contributed by atoms with Gasteiger partial charge in [0.1, 0.15) is 5.82 Å². The minimum Gasteiger partial charge on any atom is -0.322 e. The molecule has 4 rings (SSSR count). The van der Waals surface area contributed by atoms with E-state index in [0.717, 1.165) is 37.1 Å². The first-order valence-electron chi connectivity index (χ1n) is 8.52. The van der Waals surface area contributed by atoms with E-state index in [9.17, 15) is 9.18 Å². The number of carbonyl (C=O) groups excluding carboxylic acids is 1. The molecule has 26 heavy (non-hydrogen) atoms. The van der Waals surface area contributed by atoms with Gasteiger partial charge in [-0.2, -0.15) is 0 Å². The van der Waals surface area contributed by atoms with Gasteiger partial charge >= 0.3 is 0 Å². The lowest BCUT2D eigenvalue weighted by molar-refractivity contribution is 0.102. The molecule has 136 valence electrons. The average Bonchev–Trinajstić information content (AvgIpc) is 3.31. The highest BCUT2D eigenvalue weighted by Crippen LogP contribution is 2.42. The number of benzene rings is 2. The Morgan fingerprint density at radius 1 is 1.19 bits per heavy atom. The maximum atomic E-state index is 14.3. The van der Waals surface area contributed by atoms with Crippen molar-refractivity contribution in [2.45, 2.75) is 25.2 Å². The van der Waals surface area contributed by atoms with Crippen LogP contribution >= 0.6 is 35.1 Å². The molecule has 0 aromatic heterocycles. The Hall–Kier alpha value is -1.43. The fraction of sp³-hybridized carbons (Fsp3) is 0.316. The van der Waals surface area contributed by atoms with E-state index in [1.165, 1.54) is 6.07 Å². The minimum atomic E-state index is -0.591. The van der Waals surface area contributed by atoms with Gasteiger partial charge in [-0.05, 0) is 73.0 Å². The first-order valence-corrected chi connectivity index (χ1v) is 10.2. The summed E-state index contributed by atoms with van der Waals surface area (Å²) in [6.45, 7) is 0.825. The molecule has 1 saturated heterocycles. The number of halogens is 3. The standard InChI is InChI=1S/C19H17Cl2FN2OS/c20-13-6-12(11-2-3-11)7-14(8-13)23-19(25)16-9-15(10-17(22)18(16)21)24-4-1-5-26-24/h6-11H,1-5H2,(H,23,25). The normalized spacial score (nSPS) is 16.8. The summed E-state index contributed by atoms with van der Waals surface area (Å²) < 4.78 is 16.3. The van der Waals surface area contributed by atoms with Gasteiger partial charge in [0, 0.05) is 23.0 Å². The molecule has 1 heterocycles. The monoisotopic (exact) mass is 410 g/mol. The molecule has 2 fully saturated rings. The number of rotatable bonds is 4. The second-order valence-corrected chi connectivity index (χ2v) is 8.50. The van der Waals surface area contributed by atoms with Crippen molar-refractivity contribution >= 4 is 52.4 Å². The van der Waals surface area contributed by atoms with Crippen LogP contribution in [0.2, 0.25) is 10.0 Å². The Morgan fingerprint density at radius 2 is 2.00 bits per heavy atom. The number of hydrogen-bond donors (Lipinski definition) is 1. The quantitative estimate of drug-likeness (QED) is 0.615. The number of amides is 1. The summed E-state index contributed by atoms with van der Waals surface area (Å²) in [7, 11) is 0. The summed E-state index contributed by atoms with van der Waals surface area (Å²) in [5.41, 5.74) is 2.50. The van der Waals surface area contributed by atoms with Crippen LogP contribution in [-0.4, -0.2) is 18.2 Å². The van der Waals surface area contributed by atoms with E-state index in [1.54, 1.807) is 24.1 Å². The van der Waals surface area contributed by atoms with Crippen molar-refractivity contribution in [2.24, 2.45) is 0 Å². The largest absolute Gasteiger partial charge is 0.322 e. The third-order valence-electron chi connectivity index (χ3n) is 4.52. The second kappa shape index (κ2) is 7.29. The number of nitrogens with one attached hydrogen (secondary N) is 1. The van der Waals surface area contributed by atoms with Crippen LogP contribution in [0, 0.1) is 5.82 Å². The zero-order valence-corrected chi connectivity index (χ0v) is 16.2. The summed E-state index contributed by atoms with van der Waals surface area (Å²) in [6, 6.07) is 8.56. The van der Waals surface area contributed by atoms with Gasteiger partial charge in [0.25, 0.3) is 5.91 Å². The molecule has 2 aliphatic rings. The molecule has 1 amide bonds. The smallest absolute Gasteiger partial charge is 0.257 e. The fourth-order valence-corrected chi connectivity index (χ4v) is 4.50. The Labute approximate surface area is 166 Å². The van der Waals surface area contributed by atoms with E-state index in [0.29, 0.717) is 22.3 Å². The van der Waals surface area contributed by atoms with E-state index >= 15 is 0 Å². The summed E-state index contributed by atoms with van der Waals surface area (Å²) in [6.07, 6.45) is 3.31. The Balaban J connectivity index is 1.61. The molecule has 0 atom stereocenters. The van der Waals surface area contributed by atoms with E-state index in [1.807, 2.05) is 16.4 Å². The molecule has 2 aromatic rings. The van der Waals surface area contributed by atoms with Crippen molar-refractivity contribution in [3.8, 4) is 0 Å². The molecule has 0 radical (unpaired) electrons. The molecular formula is C19H17Cl2FN2OS. The lowest BCUT2D eigenvalue weighted by Gasteiger charge is -2.18. The molecular weight excluding hydrogens is 394 g/mol. The molecule has 0 bridgehead atoms. The van der Waals surface area contributed by atoms with Crippen molar-refractivity contribution < 1.29 is 9.18 Å². The second-order valence-electron chi connectivity index (χ2n) is 6.58. The van der Waals surface area contributed by atoms with Crippen LogP contribution in [0.5, 0.6) is 0 Å².